The van der Waals surface area contributed by atoms with Crippen LogP contribution in [0.1, 0.15) is 33.2 Å². The van der Waals surface area contributed by atoms with Gasteiger partial charge in [-0.1, -0.05) is 78.9 Å². The fourth-order valence-electron chi connectivity index (χ4n) is 2.68. The summed E-state index contributed by atoms with van der Waals surface area (Å²) in [6.45, 7) is 1.64. The van der Waals surface area contributed by atoms with Crippen molar-refractivity contribution in [2.24, 2.45) is 0 Å². The van der Waals surface area contributed by atoms with Crippen molar-refractivity contribution in [2.75, 3.05) is 0 Å². The number of benzene rings is 3. The molecule has 0 amide bonds. The van der Waals surface area contributed by atoms with Crippen molar-refractivity contribution in [3.8, 4) is 0 Å². The van der Waals surface area contributed by atoms with Gasteiger partial charge in [-0.2, -0.15) is 0 Å². The third-order valence-electron chi connectivity index (χ3n) is 4.10. The van der Waals surface area contributed by atoms with Crippen LogP contribution in [0.4, 0.5) is 0 Å². The topological polar surface area (TPSA) is 43.4 Å². The Morgan fingerprint density at radius 2 is 1.12 bits per heavy atom. The minimum atomic E-state index is -1.41. The lowest BCUT2D eigenvalue weighted by molar-refractivity contribution is -0.00464. The van der Waals surface area contributed by atoms with E-state index in [0.717, 1.165) is 0 Å². The molecule has 0 spiro atoms. The molecule has 0 bridgehead atoms. The number of rotatable bonds is 5. The average molecular weight is 330 g/mol. The van der Waals surface area contributed by atoms with E-state index in [1.54, 1.807) is 67.6 Å². The van der Waals surface area contributed by atoms with Crippen LogP contribution in [0.15, 0.2) is 91.0 Å². The summed E-state index contributed by atoms with van der Waals surface area (Å²) in [6.07, 6.45) is 0. The van der Waals surface area contributed by atoms with Crippen molar-refractivity contribution in [3.05, 3.63) is 108 Å². The maximum Gasteiger partial charge on any atom is 0.339 e. The van der Waals surface area contributed by atoms with Gasteiger partial charge in [0.15, 0.2) is 5.60 Å². The first-order valence-corrected chi connectivity index (χ1v) is 8.05. The lowest BCUT2D eigenvalue weighted by atomic mass is 9.87. The molecule has 1 atom stereocenters. The van der Waals surface area contributed by atoms with Gasteiger partial charge in [0.2, 0.25) is 5.78 Å². The summed E-state index contributed by atoms with van der Waals surface area (Å²) >= 11 is 0. The van der Waals surface area contributed by atoms with E-state index in [1.807, 2.05) is 30.3 Å². The van der Waals surface area contributed by atoms with Gasteiger partial charge in [0.05, 0.1) is 5.56 Å². The largest absolute Gasteiger partial charge is 0.442 e. The van der Waals surface area contributed by atoms with E-state index in [-0.39, 0.29) is 5.78 Å². The van der Waals surface area contributed by atoms with Gasteiger partial charge < -0.3 is 4.74 Å². The Balaban J connectivity index is 2.01. The minimum Gasteiger partial charge on any atom is -0.442 e. The first-order chi connectivity index (χ1) is 12.1. The molecular formula is C22H18O3. The summed E-state index contributed by atoms with van der Waals surface area (Å²) in [5.41, 5.74) is 0.128. The van der Waals surface area contributed by atoms with Gasteiger partial charge in [0.25, 0.3) is 0 Å². The Morgan fingerprint density at radius 3 is 1.64 bits per heavy atom. The van der Waals surface area contributed by atoms with E-state index < -0.39 is 11.6 Å². The van der Waals surface area contributed by atoms with Crippen molar-refractivity contribution in [2.45, 2.75) is 12.5 Å². The van der Waals surface area contributed by atoms with E-state index in [0.29, 0.717) is 16.7 Å². The van der Waals surface area contributed by atoms with Crippen LogP contribution in [0.2, 0.25) is 0 Å². The molecule has 25 heavy (non-hydrogen) atoms. The first kappa shape index (κ1) is 16.7. The fourth-order valence-corrected chi connectivity index (χ4v) is 2.68. The SMILES string of the molecule is CC(OC(=O)c1ccccc1)(C(=O)c1ccccc1)c1ccccc1. The van der Waals surface area contributed by atoms with Gasteiger partial charge in [0.1, 0.15) is 0 Å². The first-order valence-electron chi connectivity index (χ1n) is 8.05. The molecule has 0 aromatic heterocycles. The van der Waals surface area contributed by atoms with E-state index in [2.05, 4.69) is 0 Å². The lowest BCUT2D eigenvalue weighted by Gasteiger charge is -2.29. The van der Waals surface area contributed by atoms with Crippen molar-refractivity contribution < 1.29 is 14.3 Å². The molecule has 3 nitrogen and oxygen atoms in total. The van der Waals surface area contributed by atoms with E-state index in [9.17, 15) is 9.59 Å². The summed E-state index contributed by atoms with van der Waals surface area (Å²) in [5.74, 6) is -0.792. The molecule has 0 fully saturated rings. The number of ether oxygens (including phenoxy) is 1. The monoisotopic (exact) mass is 330 g/mol. The number of hydrogen-bond donors (Lipinski definition) is 0. The standard InChI is InChI=1S/C22H18O3/c1-22(19-15-9-4-10-16-19,20(23)17-11-5-2-6-12-17)25-21(24)18-13-7-3-8-14-18/h2-16H,1H3. The van der Waals surface area contributed by atoms with Gasteiger partial charge >= 0.3 is 5.97 Å². The Morgan fingerprint density at radius 1 is 0.680 bits per heavy atom. The zero-order valence-electron chi connectivity index (χ0n) is 13.9. The lowest BCUT2D eigenvalue weighted by Crippen LogP contribution is -2.38. The number of hydrogen-bond acceptors (Lipinski definition) is 3. The number of carbonyl (C=O) groups excluding carboxylic acids is 2. The predicted octanol–water partition coefficient (Wildman–Crippen LogP) is 4.64. The molecule has 124 valence electrons. The van der Waals surface area contributed by atoms with Crippen LogP contribution in [-0.2, 0) is 10.3 Å². The molecule has 0 heterocycles. The van der Waals surface area contributed by atoms with Crippen LogP contribution in [0.3, 0.4) is 0 Å². The average Bonchev–Trinajstić information content (AvgIpc) is 2.69. The van der Waals surface area contributed by atoms with Crippen molar-refractivity contribution in [1.29, 1.82) is 0 Å². The number of esters is 1. The molecular weight excluding hydrogens is 312 g/mol. The quantitative estimate of drug-likeness (QED) is 0.505. The number of carbonyl (C=O) groups is 2. The number of ketones is 1. The fraction of sp³-hybridized carbons (Fsp3) is 0.0909. The summed E-state index contributed by atoms with van der Waals surface area (Å²) in [6, 6.07) is 26.6. The van der Waals surface area contributed by atoms with Crippen LogP contribution >= 0.6 is 0 Å². The van der Waals surface area contributed by atoms with Crippen molar-refractivity contribution in [1.82, 2.24) is 0 Å². The highest BCUT2D eigenvalue weighted by Crippen LogP contribution is 2.31. The molecule has 0 N–H and O–H groups in total. The predicted molar refractivity (Wildman–Crippen MR) is 96.4 cm³/mol. The second-order valence-electron chi connectivity index (χ2n) is 5.85. The second-order valence-corrected chi connectivity index (χ2v) is 5.85. The molecule has 0 radical (unpaired) electrons. The van der Waals surface area contributed by atoms with Crippen molar-refractivity contribution in [3.63, 3.8) is 0 Å². The van der Waals surface area contributed by atoms with Gasteiger partial charge in [0, 0.05) is 11.1 Å². The molecule has 0 saturated heterocycles. The van der Waals surface area contributed by atoms with Crippen LogP contribution in [0.5, 0.6) is 0 Å². The third-order valence-corrected chi connectivity index (χ3v) is 4.10. The molecule has 0 aliphatic heterocycles. The highest BCUT2D eigenvalue weighted by molar-refractivity contribution is 6.04. The molecule has 3 heteroatoms. The maximum absolute atomic E-state index is 13.2. The Labute approximate surface area is 146 Å². The zero-order valence-corrected chi connectivity index (χ0v) is 13.9. The van der Waals surface area contributed by atoms with Crippen LogP contribution in [0, 0.1) is 0 Å². The molecule has 0 aliphatic rings. The van der Waals surface area contributed by atoms with Crippen LogP contribution < -0.4 is 0 Å². The molecule has 0 saturated carbocycles. The molecule has 3 rings (SSSR count). The van der Waals surface area contributed by atoms with Crippen LogP contribution in [-0.4, -0.2) is 11.8 Å². The molecule has 3 aromatic carbocycles. The molecule has 3 aromatic rings. The molecule has 1 unspecified atom stereocenters. The zero-order chi connectivity index (χ0) is 17.7. The smallest absolute Gasteiger partial charge is 0.339 e. The highest BCUT2D eigenvalue weighted by Gasteiger charge is 2.40. The number of Topliss-reactive ketones (excluding diaryl/α,β-unsaturated/α-hetero) is 1. The Bertz CT molecular complexity index is 858. The highest BCUT2D eigenvalue weighted by atomic mass is 16.6. The third kappa shape index (κ3) is 3.50. The van der Waals surface area contributed by atoms with Crippen LogP contribution in [0.25, 0.3) is 0 Å². The van der Waals surface area contributed by atoms with Gasteiger partial charge in [-0.3, -0.25) is 4.79 Å². The normalized spacial score (nSPS) is 12.8. The summed E-state index contributed by atoms with van der Waals surface area (Å²) in [7, 11) is 0. The van der Waals surface area contributed by atoms with Gasteiger partial charge in [-0.15, -0.1) is 0 Å². The minimum absolute atomic E-state index is 0.261. The van der Waals surface area contributed by atoms with Crippen molar-refractivity contribution >= 4 is 11.8 Å². The van der Waals surface area contributed by atoms with Gasteiger partial charge in [-0.05, 0) is 19.1 Å². The maximum atomic E-state index is 13.2. The Kier molecular flexibility index (Phi) is 4.75. The van der Waals surface area contributed by atoms with Gasteiger partial charge in [-0.25, -0.2) is 4.79 Å². The van der Waals surface area contributed by atoms with E-state index in [1.165, 1.54) is 0 Å². The summed E-state index contributed by atoms with van der Waals surface area (Å²) in [5, 5.41) is 0. The van der Waals surface area contributed by atoms with E-state index >= 15 is 0 Å². The summed E-state index contributed by atoms with van der Waals surface area (Å²) < 4.78 is 5.74. The van der Waals surface area contributed by atoms with E-state index in [4.69, 9.17) is 4.74 Å². The molecule has 0 aliphatic carbocycles. The Hall–Kier alpha value is -3.20. The summed E-state index contributed by atoms with van der Waals surface area (Å²) in [4.78, 5) is 25.8. The second kappa shape index (κ2) is 7.14.